The summed E-state index contributed by atoms with van der Waals surface area (Å²) in [4.78, 5) is 19.1. The number of rotatable bonds is 2. The summed E-state index contributed by atoms with van der Waals surface area (Å²) in [5.74, 6) is -0.598. The molecule has 0 aliphatic carbocycles. The second-order valence-corrected chi connectivity index (χ2v) is 3.92. The van der Waals surface area contributed by atoms with Gasteiger partial charge in [-0.3, -0.25) is 4.79 Å². The van der Waals surface area contributed by atoms with Crippen LogP contribution in [0.15, 0.2) is 47.8 Å². The van der Waals surface area contributed by atoms with Gasteiger partial charge in [-0.05, 0) is 36.0 Å². The fourth-order valence-electron chi connectivity index (χ4n) is 1.06. The Bertz CT molecular complexity index is 487. The molecule has 0 aliphatic rings. The van der Waals surface area contributed by atoms with E-state index in [1.807, 2.05) is 0 Å². The molecule has 3 nitrogen and oxygen atoms in total. The number of halogens is 1. The summed E-state index contributed by atoms with van der Waals surface area (Å²) in [5, 5.41) is 0.406. The molecule has 80 valence electrons. The van der Waals surface area contributed by atoms with Gasteiger partial charge in [-0.2, -0.15) is 4.39 Å². The highest BCUT2D eigenvalue weighted by atomic mass is 32.2. The minimum atomic E-state index is -0.598. The zero-order valence-electron chi connectivity index (χ0n) is 8.13. The summed E-state index contributed by atoms with van der Waals surface area (Å²) in [6, 6.07) is 7.87. The molecule has 0 N–H and O–H groups in total. The van der Waals surface area contributed by atoms with Crippen LogP contribution < -0.4 is 0 Å². The summed E-state index contributed by atoms with van der Waals surface area (Å²) < 4.78 is 12.5. The molecule has 16 heavy (non-hydrogen) atoms. The van der Waals surface area contributed by atoms with Gasteiger partial charge in [0, 0.05) is 18.0 Å². The molecular formula is C11H7FN2OS. The van der Waals surface area contributed by atoms with E-state index in [-0.39, 0.29) is 5.12 Å². The van der Waals surface area contributed by atoms with Gasteiger partial charge in [-0.25, -0.2) is 9.97 Å². The van der Waals surface area contributed by atoms with E-state index in [9.17, 15) is 9.18 Å². The average molecular weight is 234 g/mol. The normalized spacial score (nSPS) is 10.1. The van der Waals surface area contributed by atoms with Crippen LogP contribution >= 0.6 is 11.8 Å². The Labute approximate surface area is 95.7 Å². The Kier molecular flexibility index (Phi) is 3.26. The standard InChI is InChI=1S/C11H7FN2OS/c12-9-5-4-8(7-14-9)11(15)16-10-3-1-2-6-13-10/h1-7H. The van der Waals surface area contributed by atoms with Gasteiger partial charge in [-0.1, -0.05) is 6.07 Å². The number of carbonyl (C=O) groups excluding carboxylic acids is 1. The van der Waals surface area contributed by atoms with E-state index in [0.717, 1.165) is 17.8 Å². The van der Waals surface area contributed by atoms with Crippen LogP contribution in [0.3, 0.4) is 0 Å². The molecule has 2 heterocycles. The summed E-state index contributed by atoms with van der Waals surface area (Å²) in [6.45, 7) is 0. The fourth-order valence-corrected chi connectivity index (χ4v) is 1.75. The van der Waals surface area contributed by atoms with Crippen LogP contribution in [0.25, 0.3) is 0 Å². The van der Waals surface area contributed by atoms with Crippen molar-refractivity contribution in [1.29, 1.82) is 0 Å². The first-order chi connectivity index (χ1) is 7.75. The molecule has 0 fully saturated rings. The molecular weight excluding hydrogens is 227 g/mol. The lowest BCUT2D eigenvalue weighted by Crippen LogP contribution is -1.95. The molecule has 2 aromatic heterocycles. The lowest BCUT2D eigenvalue weighted by Gasteiger charge is -1.99. The molecule has 0 radical (unpaired) electrons. The van der Waals surface area contributed by atoms with Crippen molar-refractivity contribution in [2.24, 2.45) is 0 Å². The molecule has 2 rings (SSSR count). The molecule has 2 aromatic rings. The molecule has 0 atom stereocenters. The first-order valence-electron chi connectivity index (χ1n) is 4.50. The van der Waals surface area contributed by atoms with Gasteiger partial charge in [0.25, 0.3) is 0 Å². The van der Waals surface area contributed by atoms with Gasteiger partial charge in [-0.15, -0.1) is 0 Å². The van der Waals surface area contributed by atoms with E-state index in [4.69, 9.17) is 0 Å². The Balaban J connectivity index is 2.12. The van der Waals surface area contributed by atoms with E-state index in [1.54, 1.807) is 24.4 Å². The van der Waals surface area contributed by atoms with Crippen LogP contribution in [0, 0.1) is 5.95 Å². The van der Waals surface area contributed by atoms with Crippen molar-refractivity contribution in [1.82, 2.24) is 9.97 Å². The third-order valence-electron chi connectivity index (χ3n) is 1.80. The quantitative estimate of drug-likeness (QED) is 0.591. The Morgan fingerprint density at radius 2 is 2.06 bits per heavy atom. The average Bonchev–Trinajstić information content (AvgIpc) is 2.31. The van der Waals surface area contributed by atoms with Crippen molar-refractivity contribution in [2.75, 3.05) is 0 Å². The second-order valence-electron chi connectivity index (χ2n) is 2.93. The molecule has 0 spiro atoms. The van der Waals surface area contributed by atoms with E-state index in [1.165, 1.54) is 12.3 Å². The van der Waals surface area contributed by atoms with Crippen molar-refractivity contribution < 1.29 is 9.18 Å². The van der Waals surface area contributed by atoms with E-state index >= 15 is 0 Å². The molecule has 0 aliphatic heterocycles. The van der Waals surface area contributed by atoms with Crippen LogP contribution in [0.2, 0.25) is 0 Å². The zero-order chi connectivity index (χ0) is 11.4. The van der Waals surface area contributed by atoms with Crippen molar-refractivity contribution in [3.63, 3.8) is 0 Å². The summed E-state index contributed by atoms with van der Waals surface area (Å²) in [6.07, 6.45) is 2.83. The third-order valence-corrected chi connectivity index (χ3v) is 2.67. The number of pyridine rings is 2. The highest BCUT2D eigenvalue weighted by Gasteiger charge is 2.09. The van der Waals surface area contributed by atoms with Gasteiger partial charge in [0.15, 0.2) is 0 Å². The SMILES string of the molecule is O=C(Sc1ccccn1)c1ccc(F)nc1. The number of hydrogen-bond acceptors (Lipinski definition) is 4. The molecule has 0 saturated heterocycles. The maximum Gasteiger partial charge on any atom is 0.227 e. The van der Waals surface area contributed by atoms with Crippen LogP contribution in [-0.2, 0) is 0 Å². The molecule has 0 amide bonds. The van der Waals surface area contributed by atoms with Crippen molar-refractivity contribution in [3.8, 4) is 0 Å². The van der Waals surface area contributed by atoms with Crippen LogP contribution in [0.5, 0.6) is 0 Å². The summed E-state index contributed by atoms with van der Waals surface area (Å²) >= 11 is 0.990. The number of hydrogen-bond donors (Lipinski definition) is 0. The number of carbonyl (C=O) groups is 1. The highest BCUT2D eigenvalue weighted by molar-refractivity contribution is 8.14. The summed E-state index contributed by atoms with van der Waals surface area (Å²) in [7, 11) is 0. The monoisotopic (exact) mass is 234 g/mol. The zero-order valence-corrected chi connectivity index (χ0v) is 8.95. The van der Waals surface area contributed by atoms with E-state index in [2.05, 4.69) is 9.97 Å². The van der Waals surface area contributed by atoms with Gasteiger partial charge in [0.1, 0.15) is 5.03 Å². The Morgan fingerprint density at radius 3 is 2.69 bits per heavy atom. The molecule has 0 aromatic carbocycles. The number of thioether (sulfide) groups is 1. The van der Waals surface area contributed by atoms with Crippen LogP contribution in [0.4, 0.5) is 4.39 Å². The van der Waals surface area contributed by atoms with Crippen molar-refractivity contribution in [3.05, 3.63) is 54.2 Å². The molecule has 0 bridgehead atoms. The number of aromatic nitrogens is 2. The van der Waals surface area contributed by atoms with Gasteiger partial charge in [0.05, 0.1) is 0 Å². The maximum atomic E-state index is 12.5. The van der Waals surface area contributed by atoms with Gasteiger partial charge in [0.2, 0.25) is 11.1 Å². The van der Waals surface area contributed by atoms with Gasteiger partial charge >= 0.3 is 0 Å². The first-order valence-corrected chi connectivity index (χ1v) is 5.32. The molecule has 0 unspecified atom stereocenters. The maximum absolute atomic E-state index is 12.5. The Hall–Kier alpha value is -1.75. The summed E-state index contributed by atoms with van der Waals surface area (Å²) in [5.41, 5.74) is 0.358. The third kappa shape index (κ3) is 2.64. The Morgan fingerprint density at radius 1 is 1.19 bits per heavy atom. The predicted octanol–water partition coefficient (Wildman–Crippen LogP) is 2.55. The van der Waals surface area contributed by atoms with Crippen molar-refractivity contribution >= 4 is 16.9 Å². The topological polar surface area (TPSA) is 42.9 Å². The largest absolute Gasteiger partial charge is 0.281 e. The lowest BCUT2D eigenvalue weighted by molar-refractivity contribution is 0.108. The van der Waals surface area contributed by atoms with E-state index in [0.29, 0.717) is 10.6 Å². The van der Waals surface area contributed by atoms with Crippen LogP contribution in [-0.4, -0.2) is 15.1 Å². The predicted molar refractivity (Wildman–Crippen MR) is 58.6 cm³/mol. The lowest BCUT2D eigenvalue weighted by atomic mass is 10.3. The first kappa shape index (κ1) is 10.8. The minimum Gasteiger partial charge on any atom is -0.281 e. The van der Waals surface area contributed by atoms with E-state index < -0.39 is 5.95 Å². The van der Waals surface area contributed by atoms with Crippen LogP contribution in [0.1, 0.15) is 10.4 Å². The molecule has 0 saturated carbocycles. The second kappa shape index (κ2) is 4.85. The van der Waals surface area contributed by atoms with Gasteiger partial charge < -0.3 is 0 Å². The fraction of sp³-hybridized carbons (Fsp3) is 0. The number of nitrogens with zero attached hydrogens (tertiary/aromatic N) is 2. The molecule has 5 heteroatoms. The van der Waals surface area contributed by atoms with Crippen molar-refractivity contribution in [2.45, 2.75) is 5.03 Å². The minimum absolute atomic E-state index is 0.203. The highest BCUT2D eigenvalue weighted by Crippen LogP contribution is 2.19. The smallest absolute Gasteiger partial charge is 0.227 e.